The number of carbonyl (C=O) groups is 1. The van der Waals surface area contributed by atoms with Crippen LogP contribution in [0.4, 0.5) is 5.69 Å². The van der Waals surface area contributed by atoms with Gasteiger partial charge in [0.1, 0.15) is 0 Å². The van der Waals surface area contributed by atoms with Crippen LogP contribution in [0.5, 0.6) is 0 Å². The van der Waals surface area contributed by atoms with Gasteiger partial charge in [0.25, 0.3) is 5.89 Å². The smallest absolute Gasteiger partial charge is 0.257 e. The third-order valence-electron chi connectivity index (χ3n) is 5.56. The molecule has 0 bridgehead atoms. The Morgan fingerprint density at radius 1 is 1.14 bits per heavy atom. The van der Waals surface area contributed by atoms with E-state index in [4.69, 9.17) is 4.52 Å². The molecule has 1 aromatic heterocycles. The number of nitrogens with zero attached hydrogens (tertiary/aromatic N) is 3. The Kier molecular flexibility index (Phi) is 4.99. The van der Waals surface area contributed by atoms with Crippen LogP contribution in [0.1, 0.15) is 57.0 Å². The Labute approximate surface area is 171 Å². The Morgan fingerprint density at radius 3 is 2.59 bits per heavy atom. The molecular weight excluding hydrogens is 362 g/mol. The summed E-state index contributed by atoms with van der Waals surface area (Å²) in [7, 11) is 0. The highest BCUT2D eigenvalue weighted by Gasteiger charge is 2.34. The summed E-state index contributed by atoms with van der Waals surface area (Å²) in [4.78, 5) is 19.0. The number of benzene rings is 2. The zero-order valence-corrected chi connectivity index (χ0v) is 17.5. The quantitative estimate of drug-likeness (QED) is 0.622. The van der Waals surface area contributed by atoms with Crippen LogP contribution in [-0.4, -0.2) is 22.6 Å². The van der Waals surface area contributed by atoms with Crippen LogP contribution in [-0.2, 0) is 16.6 Å². The zero-order valence-electron chi connectivity index (χ0n) is 17.5. The normalized spacial score (nSPS) is 17.2. The van der Waals surface area contributed by atoms with E-state index in [9.17, 15) is 4.79 Å². The van der Waals surface area contributed by atoms with Gasteiger partial charge in [-0.2, -0.15) is 4.98 Å². The number of rotatable bonds is 4. The Balaban J connectivity index is 1.52. The van der Waals surface area contributed by atoms with E-state index in [1.807, 2.05) is 29.2 Å². The number of aromatic nitrogens is 2. The van der Waals surface area contributed by atoms with Gasteiger partial charge in [-0.15, -0.1) is 0 Å². The van der Waals surface area contributed by atoms with Gasteiger partial charge in [0.2, 0.25) is 5.91 Å². The van der Waals surface area contributed by atoms with Crippen molar-refractivity contribution in [3.8, 4) is 11.5 Å². The highest BCUT2D eigenvalue weighted by molar-refractivity contribution is 5.96. The average Bonchev–Trinajstić information content (AvgIpc) is 3.34. The molecule has 0 N–H and O–H groups in total. The molecule has 3 aromatic rings. The Hall–Kier alpha value is -2.95. The monoisotopic (exact) mass is 389 g/mol. The molecule has 0 saturated carbocycles. The number of anilines is 1. The summed E-state index contributed by atoms with van der Waals surface area (Å²) in [5, 5.41) is 4.18. The number of amides is 1. The lowest BCUT2D eigenvalue weighted by Gasteiger charge is -2.18. The number of hydrogen-bond acceptors (Lipinski definition) is 4. The third-order valence-corrected chi connectivity index (χ3v) is 5.56. The second kappa shape index (κ2) is 7.47. The van der Waals surface area contributed by atoms with Crippen LogP contribution in [0.25, 0.3) is 11.5 Å². The molecule has 1 amide bonds. The minimum Gasteiger partial charge on any atom is -0.334 e. The number of aryl methyl sites for hydroxylation is 1. The van der Waals surface area contributed by atoms with Crippen molar-refractivity contribution in [2.75, 3.05) is 11.4 Å². The Morgan fingerprint density at radius 2 is 1.90 bits per heavy atom. The van der Waals surface area contributed by atoms with Crippen molar-refractivity contribution in [2.24, 2.45) is 0 Å². The van der Waals surface area contributed by atoms with E-state index in [1.54, 1.807) is 0 Å². The van der Waals surface area contributed by atoms with Gasteiger partial charge < -0.3 is 9.42 Å². The minimum atomic E-state index is -0.0564. The first-order valence-corrected chi connectivity index (χ1v) is 10.2. The average molecular weight is 389 g/mol. The molecule has 150 valence electrons. The lowest BCUT2D eigenvalue weighted by atomic mass is 9.87. The molecular formula is C24H27N3O2. The summed E-state index contributed by atoms with van der Waals surface area (Å²) in [6, 6.07) is 16.4. The van der Waals surface area contributed by atoms with Gasteiger partial charge in [0, 0.05) is 30.1 Å². The lowest BCUT2D eigenvalue weighted by Crippen LogP contribution is -2.24. The fourth-order valence-corrected chi connectivity index (χ4v) is 3.71. The van der Waals surface area contributed by atoms with E-state index in [2.05, 4.69) is 62.1 Å². The first-order valence-electron chi connectivity index (χ1n) is 10.2. The van der Waals surface area contributed by atoms with Crippen LogP contribution in [0.15, 0.2) is 53.1 Å². The van der Waals surface area contributed by atoms with Crippen molar-refractivity contribution in [1.82, 2.24) is 10.1 Å². The maximum atomic E-state index is 12.6. The molecule has 5 heteroatoms. The third kappa shape index (κ3) is 3.95. The van der Waals surface area contributed by atoms with Gasteiger partial charge in [-0.25, -0.2) is 0 Å². The topological polar surface area (TPSA) is 59.2 Å². The first kappa shape index (κ1) is 19.4. The molecule has 1 aliphatic heterocycles. The van der Waals surface area contributed by atoms with Gasteiger partial charge in [-0.1, -0.05) is 57.1 Å². The van der Waals surface area contributed by atoms with Gasteiger partial charge in [-0.3, -0.25) is 4.79 Å². The summed E-state index contributed by atoms with van der Waals surface area (Å²) in [5.74, 6) is 1.14. The van der Waals surface area contributed by atoms with Crippen molar-refractivity contribution in [3.63, 3.8) is 0 Å². The highest BCUT2D eigenvalue weighted by atomic mass is 16.5. The van der Waals surface area contributed by atoms with Crippen LogP contribution in [0.2, 0.25) is 0 Å². The molecule has 2 aromatic carbocycles. The second-order valence-corrected chi connectivity index (χ2v) is 8.71. The van der Waals surface area contributed by atoms with Crippen molar-refractivity contribution < 1.29 is 9.32 Å². The summed E-state index contributed by atoms with van der Waals surface area (Å²) < 4.78 is 5.51. The van der Waals surface area contributed by atoms with Crippen LogP contribution >= 0.6 is 0 Å². The highest BCUT2D eigenvalue weighted by Crippen LogP contribution is 2.32. The molecule has 0 radical (unpaired) electrons. The molecule has 1 atom stereocenters. The molecule has 0 spiro atoms. The van der Waals surface area contributed by atoms with Crippen molar-refractivity contribution in [3.05, 3.63) is 65.5 Å². The standard InChI is InChI=1S/C24H27N3O2/c1-5-16-7-6-8-20(13-16)27-15-18(14-21(27)28)22-25-23(29-26-22)17-9-11-19(12-10-17)24(2,3)4/h6-13,18H,5,14-15H2,1-4H3. The van der Waals surface area contributed by atoms with Gasteiger partial charge in [0.05, 0.1) is 0 Å². The van der Waals surface area contributed by atoms with E-state index in [-0.39, 0.29) is 17.2 Å². The predicted octanol–water partition coefficient (Wildman–Crippen LogP) is 5.12. The zero-order chi connectivity index (χ0) is 20.6. The maximum absolute atomic E-state index is 12.6. The largest absolute Gasteiger partial charge is 0.334 e. The van der Waals surface area contributed by atoms with E-state index in [1.165, 1.54) is 11.1 Å². The predicted molar refractivity (Wildman–Crippen MR) is 114 cm³/mol. The van der Waals surface area contributed by atoms with Crippen LogP contribution < -0.4 is 4.90 Å². The van der Waals surface area contributed by atoms with Gasteiger partial charge in [0.15, 0.2) is 5.82 Å². The molecule has 1 unspecified atom stereocenters. The summed E-state index contributed by atoms with van der Waals surface area (Å²) in [5.41, 5.74) is 4.42. The fourth-order valence-electron chi connectivity index (χ4n) is 3.71. The molecule has 1 fully saturated rings. The van der Waals surface area contributed by atoms with Crippen LogP contribution in [0.3, 0.4) is 0 Å². The molecule has 5 nitrogen and oxygen atoms in total. The summed E-state index contributed by atoms with van der Waals surface area (Å²) >= 11 is 0. The second-order valence-electron chi connectivity index (χ2n) is 8.71. The SMILES string of the molecule is CCc1cccc(N2CC(c3noc(-c4ccc(C(C)(C)C)cc4)n3)CC2=O)c1. The number of hydrogen-bond donors (Lipinski definition) is 0. The van der Waals surface area contributed by atoms with E-state index in [0.717, 1.165) is 17.7 Å². The van der Waals surface area contributed by atoms with Crippen molar-refractivity contribution >= 4 is 11.6 Å². The van der Waals surface area contributed by atoms with E-state index >= 15 is 0 Å². The first-order chi connectivity index (χ1) is 13.8. The summed E-state index contributed by atoms with van der Waals surface area (Å²) in [6.07, 6.45) is 1.35. The molecule has 1 aliphatic rings. The molecule has 4 rings (SSSR count). The minimum absolute atomic E-state index is 0.0564. The van der Waals surface area contributed by atoms with Crippen molar-refractivity contribution in [2.45, 2.75) is 51.9 Å². The van der Waals surface area contributed by atoms with Crippen LogP contribution in [0, 0.1) is 0 Å². The number of carbonyl (C=O) groups excluding carboxylic acids is 1. The molecule has 29 heavy (non-hydrogen) atoms. The molecule has 2 heterocycles. The van der Waals surface area contributed by atoms with Gasteiger partial charge in [-0.05, 0) is 47.2 Å². The van der Waals surface area contributed by atoms with E-state index < -0.39 is 0 Å². The lowest BCUT2D eigenvalue weighted by molar-refractivity contribution is -0.117. The molecule has 1 saturated heterocycles. The maximum Gasteiger partial charge on any atom is 0.257 e. The Bertz CT molecular complexity index is 1020. The van der Waals surface area contributed by atoms with Gasteiger partial charge >= 0.3 is 0 Å². The molecule has 0 aliphatic carbocycles. The summed E-state index contributed by atoms with van der Waals surface area (Å²) in [6.45, 7) is 9.25. The van der Waals surface area contributed by atoms with E-state index in [0.29, 0.717) is 24.7 Å². The fraction of sp³-hybridized carbons (Fsp3) is 0.375. The van der Waals surface area contributed by atoms with Crippen molar-refractivity contribution in [1.29, 1.82) is 0 Å².